The van der Waals surface area contributed by atoms with Crippen LogP contribution >= 0.6 is 0 Å². The first-order chi connectivity index (χ1) is 7.35. The van der Waals surface area contributed by atoms with Crippen molar-refractivity contribution in [1.29, 1.82) is 0 Å². The van der Waals surface area contributed by atoms with Crippen LogP contribution in [0.1, 0.15) is 27.2 Å². The minimum atomic E-state index is -0.443. The third kappa shape index (κ3) is 1.94. The van der Waals surface area contributed by atoms with Gasteiger partial charge >= 0.3 is 6.09 Å². The Labute approximate surface area is 96.2 Å². The van der Waals surface area contributed by atoms with Gasteiger partial charge in [0.2, 0.25) is 0 Å². The van der Waals surface area contributed by atoms with E-state index >= 15 is 0 Å². The van der Waals surface area contributed by atoms with Crippen molar-refractivity contribution in [3.63, 3.8) is 0 Å². The molecule has 2 heterocycles. The number of morpholine rings is 1. The fraction of sp³-hybridized carbons (Fsp3) is 0.750. The molecular weight excluding hydrogens is 206 g/mol. The molecule has 1 amide bonds. The van der Waals surface area contributed by atoms with Crippen LogP contribution in [0.5, 0.6) is 0 Å². The Bertz CT molecular complexity index is 321. The standard InChI is InChI=1S/C12H19NO3/c1-5-12-6-9(7-15-12)13(8-12)10(14)16-11(2,3)4/h5,9H,1,6-8H2,2-4H3/t9-,12+/m0/s1. The average molecular weight is 225 g/mol. The highest BCUT2D eigenvalue weighted by Gasteiger charge is 2.51. The fourth-order valence-corrected chi connectivity index (χ4v) is 2.25. The molecule has 0 aromatic heterocycles. The summed E-state index contributed by atoms with van der Waals surface area (Å²) in [5, 5.41) is 0. The normalized spacial score (nSPS) is 32.9. The molecule has 0 unspecified atom stereocenters. The van der Waals surface area contributed by atoms with Crippen molar-refractivity contribution < 1.29 is 14.3 Å². The van der Waals surface area contributed by atoms with Crippen LogP contribution in [-0.4, -0.2) is 41.4 Å². The van der Waals surface area contributed by atoms with E-state index in [2.05, 4.69) is 6.58 Å². The fourth-order valence-electron chi connectivity index (χ4n) is 2.25. The molecule has 2 saturated heterocycles. The predicted molar refractivity (Wildman–Crippen MR) is 60.2 cm³/mol. The summed E-state index contributed by atoms with van der Waals surface area (Å²) in [5.41, 5.74) is -0.775. The molecule has 2 aliphatic rings. The minimum absolute atomic E-state index is 0.146. The molecule has 0 N–H and O–H groups in total. The van der Waals surface area contributed by atoms with Crippen LogP contribution < -0.4 is 0 Å². The number of carbonyl (C=O) groups excluding carboxylic acids is 1. The Kier molecular flexibility index (Phi) is 2.49. The molecule has 16 heavy (non-hydrogen) atoms. The summed E-state index contributed by atoms with van der Waals surface area (Å²) in [6.07, 6.45) is 2.40. The van der Waals surface area contributed by atoms with Gasteiger partial charge in [0.05, 0.1) is 19.2 Å². The molecule has 0 aliphatic carbocycles. The topological polar surface area (TPSA) is 38.8 Å². The molecule has 4 heteroatoms. The Morgan fingerprint density at radius 2 is 2.31 bits per heavy atom. The number of nitrogens with zero attached hydrogens (tertiary/aromatic N) is 1. The Hall–Kier alpha value is -1.03. The van der Waals surface area contributed by atoms with Crippen LogP contribution in [0.2, 0.25) is 0 Å². The third-order valence-electron chi connectivity index (χ3n) is 3.02. The molecule has 4 nitrogen and oxygen atoms in total. The lowest BCUT2D eigenvalue weighted by atomic mass is 10.0. The number of carbonyl (C=O) groups is 1. The summed E-state index contributed by atoms with van der Waals surface area (Å²) >= 11 is 0. The van der Waals surface area contributed by atoms with E-state index in [4.69, 9.17) is 9.47 Å². The summed E-state index contributed by atoms with van der Waals surface area (Å²) in [5.74, 6) is 0. The molecule has 90 valence electrons. The van der Waals surface area contributed by atoms with Gasteiger partial charge in [-0.1, -0.05) is 6.08 Å². The Morgan fingerprint density at radius 3 is 2.81 bits per heavy atom. The van der Waals surface area contributed by atoms with Crippen molar-refractivity contribution in [2.75, 3.05) is 13.2 Å². The lowest BCUT2D eigenvalue weighted by Crippen LogP contribution is -2.46. The lowest BCUT2D eigenvalue weighted by Gasteiger charge is -2.32. The quantitative estimate of drug-likeness (QED) is 0.640. The van der Waals surface area contributed by atoms with Crippen LogP contribution in [-0.2, 0) is 9.47 Å². The zero-order valence-corrected chi connectivity index (χ0v) is 10.2. The molecule has 2 aliphatic heterocycles. The minimum Gasteiger partial charge on any atom is -0.444 e. The monoisotopic (exact) mass is 225 g/mol. The predicted octanol–water partition coefficient (Wildman–Crippen LogP) is 1.95. The van der Waals surface area contributed by atoms with Gasteiger partial charge in [-0.2, -0.15) is 0 Å². The molecule has 0 radical (unpaired) electrons. The molecule has 2 atom stereocenters. The lowest BCUT2D eigenvalue weighted by molar-refractivity contribution is -0.0314. The van der Waals surface area contributed by atoms with Gasteiger partial charge in [-0.25, -0.2) is 4.79 Å². The zero-order chi connectivity index (χ0) is 12.0. The van der Waals surface area contributed by atoms with Crippen molar-refractivity contribution in [3.8, 4) is 0 Å². The second kappa shape index (κ2) is 3.48. The van der Waals surface area contributed by atoms with E-state index in [9.17, 15) is 4.79 Å². The summed E-state index contributed by atoms with van der Waals surface area (Å²) in [6, 6.07) is 0.146. The van der Waals surface area contributed by atoms with Crippen molar-refractivity contribution in [2.45, 2.75) is 44.4 Å². The van der Waals surface area contributed by atoms with Gasteiger partial charge in [-0.15, -0.1) is 6.58 Å². The number of rotatable bonds is 1. The Morgan fingerprint density at radius 1 is 1.62 bits per heavy atom. The molecule has 0 aromatic rings. The molecular formula is C12H19NO3. The number of likely N-dealkylation sites (tertiary alicyclic amines) is 1. The summed E-state index contributed by atoms with van der Waals surface area (Å²) in [4.78, 5) is 13.7. The average Bonchev–Trinajstić information content (AvgIpc) is 2.72. The van der Waals surface area contributed by atoms with Crippen molar-refractivity contribution >= 4 is 6.09 Å². The first kappa shape index (κ1) is 11.5. The largest absolute Gasteiger partial charge is 0.444 e. The van der Waals surface area contributed by atoms with E-state index in [1.807, 2.05) is 20.8 Å². The van der Waals surface area contributed by atoms with Gasteiger partial charge < -0.3 is 9.47 Å². The molecule has 2 bridgehead atoms. The van der Waals surface area contributed by atoms with E-state index in [0.29, 0.717) is 13.2 Å². The highest BCUT2D eigenvalue weighted by Crippen LogP contribution is 2.38. The highest BCUT2D eigenvalue weighted by atomic mass is 16.6. The number of fused-ring (bicyclic) bond motifs is 2. The first-order valence-electron chi connectivity index (χ1n) is 5.62. The molecule has 0 saturated carbocycles. The van der Waals surface area contributed by atoms with Gasteiger partial charge in [0.25, 0.3) is 0 Å². The maximum absolute atomic E-state index is 11.9. The highest BCUT2D eigenvalue weighted by molar-refractivity contribution is 5.69. The van der Waals surface area contributed by atoms with Crippen molar-refractivity contribution in [1.82, 2.24) is 4.90 Å². The first-order valence-corrected chi connectivity index (χ1v) is 5.62. The number of amides is 1. The van der Waals surface area contributed by atoms with Crippen LogP contribution in [0.4, 0.5) is 4.79 Å². The van der Waals surface area contributed by atoms with Crippen LogP contribution in [0.25, 0.3) is 0 Å². The summed E-state index contributed by atoms with van der Waals surface area (Å²) in [7, 11) is 0. The van der Waals surface area contributed by atoms with E-state index in [1.54, 1.807) is 11.0 Å². The molecule has 0 spiro atoms. The van der Waals surface area contributed by atoms with Gasteiger partial charge in [-0.05, 0) is 20.8 Å². The molecule has 2 rings (SSSR count). The van der Waals surface area contributed by atoms with Gasteiger partial charge in [0.1, 0.15) is 11.2 Å². The maximum Gasteiger partial charge on any atom is 0.410 e. The van der Waals surface area contributed by atoms with Crippen molar-refractivity contribution in [2.24, 2.45) is 0 Å². The van der Waals surface area contributed by atoms with E-state index in [-0.39, 0.29) is 17.7 Å². The van der Waals surface area contributed by atoms with E-state index in [0.717, 1.165) is 6.42 Å². The van der Waals surface area contributed by atoms with Gasteiger partial charge in [-0.3, -0.25) is 4.90 Å². The number of hydrogen-bond donors (Lipinski definition) is 0. The van der Waals surface area contributed by atoms with E-state index in [1.165, 1.54) is 0 Å². The smallest absolute Gasteiger partial charge is 0.410 e. The van der Waals surface area contributed by atoms with Crippen LogP contribution in [0.15, 0.2) is 12.7 Å². The molecule has 0 aromatic carbocycles. The summed E-state index contributed by atoms with van der Waals surface area (Å²) in [6.45, 7) is 10.6. The maximum atomic E-state index is 11.9. The van der Waals surface area contributed by atoms with Crippen LogP contribution in [0, 0.1) is 0 Å². The second-order valence-corrected chi connectivity index (χ2v) is 5.55. The van der Waals surface area contributed by atoms with Gasteiger partial charge in [0, 0.05) is 6.42 Å². The van der Waals surface area contributed by atoms with Gasteiger partial charge in [0.15, 0.2) is 0 Å². The number of ether oxygens (including phenoxy) is 2. The van der Waals surface area contributed by atoms with E-state index < -0.39 is 5.60 Å². The Balaban J connectivity index is 2.03. The number of hydrogen-bond acceptors (Lipinski definition) is 3. The molecule has 2 fully saturated rings. The third-order valence-corrected chi connectivity index (χ3v) is 3.02. The SMILES string of the molecule is C=C[C@]12C[C@@H](CO1)N(C(=O)OC(C)(C)C)C2. The summed E-state index contributed by atoms with van der Waals surface area (Å²) < 4.78 is 11.0. The van der Waals surface area contributed by atoms with Crippen LogP contribution in [0.3, 0.4) is 0 Å². The zero-order valence-electron chi connectivity index (χ0n) is 10.2. The van der Waals surface area contributed by atoms with Crippen molar-refractivity contribution in [3.05, 3.63) is 12.7 Å². The second-order valence-electron chi connectivity index (χ2n) is 5.55.